The molecule has 0 aliphatic carbocycles. The zero-order valence-corrected chi connectivity index (χ0v) is 13.6. The number of benzene rings is 2. The van der Waals surface area contributed by atoms with Gasteiger partial charge < -0.3 is 10.3 Å². The maximum Gasteiger partial charge on any atom is 0.275 e. The SMILES string of the molecule is O=C(Nc1ccccc1-c1nc2ccccc2[nH]c1=O)c1ccncc1. The quantitative estimate of drug-likeness (QED) is 0.598. The van der Waals surface area contributed by atoms with E-state index in [0.29, 0.717) is 27.8 Å². The molecule has 0 fully saturated rings. The van der Waals surface area contributed by atoms with Crippen molar-refractivity contribution in [2.45, 2.75) is 0 Å². The normalized spacial score (nSPS) is 10.6. The van der Waals surface area contributed by atoms with E-state index in [1.54, 1.807) is 54.9 Å². The van der Waals surface area contributed by atoms with Gasteiger partial charge in [-0.3, -0.25) is 14.6 Å². The van der Waals surface area contributed by atoms with Gasteiger partial charge in [0.1, 0.15) is 5.69 Å². The lowest BCUT2D eigenvalue weighted by Crippen LogP contribution is -2.16. The lowest BCUT2D eigenvalue weighted by atomic mass is 10.1. The van der Waals surface area contributed by atoms with Crippen molar-refractivity contribution in [3.8, 4) is 11.3 Å². The van der Waals surface area contributed by atoms with Crippen LogP contribution in [0.3, 0.4) is 0 Å². The monoisotopic (exact) mass is 342 g/mol. The molecule has 26 heavy (non-hydrogen) atoms. The van der Waals surface area contributed by atoms with E-state index in [9.17, 15) is 9.59 Å². The topological polar surface area (TPSA) is 87.7 Å². The van der Waals surface area contributed by atoms with Crippen LogP contribution >= 0.6 is 0 Å². The summed E-state index contributed by atoms with van der Waals surface area (Å²) in [6.45, 7) is 0. The van der Waals surface area contributed by atoms with Crippen molar-refractivity contribution in [1.82, 2.24) is 15.0 Å². The van der Waals surface area contributed by atoms with E-state index < -0.39 is 0 Å². The summed E-state index contributed by atoms with van der Waals surface area (Å²) in [6.07, 6.45) is 3.10. The third kappa shape index (κ3) is 2.95. The second-order valence-electron chi connectivity index (χ2n) is 5.67. The van der Waals surface area contributed by atoms with Crippen molar-refractivity contribution in [2.75, 3.05) is 5.32 Å². The fourth-order valence-electron chi connectivity index (χ4n) is 2.71. The number of hydrogen-bond acceptors (Lipinski definition) is 4. The van der Waals surface area contributed by atoms with Crippen LogP contribution in [0, 0.1) is 0 Å². The molecule has 2 N–H and O–H groups in total. The Labute approximate surface area is 148 Å². The number of pyridine rings is 1. The molecule has 4 rings (SSSR count). The van der Waals surface area contributed by atoms with Gasteiger partial charge in [0, 0.05) is 23.5 Å². The van der Waals surface area contributed by atoms with Crippen molar-refractivity contribution in [3.05, 3.63) is 89.0 Å². The second kappa shape index (κ2) is 6.60. The van der Waals surface area contributed by atoms with Crippen molar-refractivity contribution in [1.29, 1.82) is 0 Å². The average molecular weight is 342 g/mol. The number of carbonyl (C=O) groups excluding carboxylic acids is 1. The molecule has 6 heteroatoms. The molecule has 0 saturated heterocycles. The Hall–Kier alpha value is -3.80. The fraction of sp³-hybridized carbons (Fsp3) is 0. The molecule has 6 nitrogen and oxygen atoms in total. The maximum atomic E-state index is 12.5. The highest BCUT2D eigenvalue weighted by molar-refractivity contribution is 6.06. The number of carbonyl (C=O) groups is 1. The Bertz CT molecular complexity index is 1150. The number of hydrogen-bond donors (Lipinski definition) is 2. The zero-order chi connectivity index (χ0) is 17.9. The minimum Gasteiger partial charge on any atom is -0.321 e. The van der Waals surface area contributed by atoms with E-state index in [-0.39, 0.29) is 17.2 Å². The Morgan fingerprint density at radius 2 is 1.65 bits per heavy atom. The van der Waals surface area contributed by atoms with Gasteiger partial charge in [-0.05, 0) is 30.3 Å². The number of anilines is 1. The highest BCUT2D eigenvalue weighted by atomic mass is 16.1. The predicted octanol–water partition coefficient (Wildman–Crippen LogP) is 3.24. The van der Waals surface area contributed by atoms with Crippen LogP contribution in [0.5, 0.6) is 0 Å². The number of H-pyrrole nitrogens is 1. The Morgan fingerprint density at radius 1 is 0.923 bits per heavy atom. The molecular weight excluding hydrogens is 328 g/mol. The van der Waals surface area contributed by atoms with Crippen LogP contribution in [0.1, 0.15) is 10.4 Å². The molecular formula is C20H14N4O2. The number of para-hydroxylation sites is 3. The van der Waals surface area contributed by atoms with Crippen LogP contribution in [0.4, 0.5) is 5.69 Å². The highest BCUT2D eigenvalue weighted by Crippen LogP contribution is 2.25. The summed E-state index contributed by atoms with van der Waals surface area (Å²) < 4.78 is 0. The number of nitrogens with zero attached hydrogens (tertiary/aromatic N) is 2. The molecule has 0 radical (unpaired) electrons. The van der Waals surface area contributed by atoms with Gasteiger partial charge in [-0.1, -0.05) is 30.3 Å². The number of aromatic amines is 1. The molecule has 0 aliphatic rings. The third-order valence-electron chi connectivity index (χ3n) is 3.97. The van der Waals surface area contributed by atoms with E-state index in [4.69, 9.17) is 0 Å². The van der Waals surface area contributed by atoms with Crippen LogP contribution in [-0.2, 0) is 0 Å². The number of rotatable bonds is 3. The van der Waals surface area contributed by atoms with Gasteiger partial charge in [0.2, 0.25) is 0 Å². The number of nitrogens with one attached hydrogen (secondary N) is 2. The van der Waals surface area contributed by atoms with Crippen molar-refractivity contribution in [3.63, 3.8) is 0 Å². The summed E-state index contributed by atoms with van der Waals surface area (Å²) in [5.41, 5.74) is 2.85. The van der Waals surface area contributed by atoms with E-state index in [2.05, 4.69) is 20.3 Å². The first kappa shape index (κ1) is 15.7. The highest BCUT2D eigenvalue weighted by Gasteiger charge is 2.14. The van der Waals surface area contributed by atoms with Crippen LogP contribution < -0.4 is 10.9 Å². The first-order valence-corrected chi connectivity index (χ1v) is 8.02. The average Bonchev–Trinajstić information content (AvgIpc) is 2.69. The lowest BCUT2D eigenvalue weighted by Gasteiger charge is -2.11. The molecule has 2 aromatic heterocycles. The molecule has 0 spiro atoms. The third-order valence-corrected chi connectivity index (χ3v) is 3.97. The Morgan fingerprint density at radius 3 is 2.50 bits per heavy atom. The zero-order valence-electron chi connectivity index (χ0n) is 13.6. The smallest absolute Gasteiger partial charge is 0.275 e. The van der Waals surface area contributed by atoms with Gasteiger partial charge >= 0.3 is 0 Å². The molecule has 0 bridgehead atoms. The molecule has 1 amide bonds. The largest absolute Gasteiger partial charge is 0.321 e. The number of fused-ring (bicyclic) bond motifs is 1. The predicted molar refractivity (Wildman–Crippen MR) is 100.0 cm³/mol. The van der Waals surface area contributed by atoms with Crippen molar-refractivity contribution >= 4 is 22.6 Å². The fourth-order valence-corrected chi connectivity index (χ4v) is 2.71. The molecule has 0 saturated carbocycles. The minimum absolute atomic E-state index is 0.259. The van der Waals surface area contributed by atoms with Crippen LogP contribution in [0.25, 0.3) is 22.3 Å². The van der Waals surface area contributed by atoms with Gasteiger partial charge in [0.25, 0.3) is 11.5 Å². The van der Waals surface area contributed by atoms with Gasteiger partial charge in [0.15, 0.2) is 0 Å². The molecule has 2 aromatic carbocycles. The molecule has 126 valence electrons. The van der Waals surface area contributed by atoms with E-state index in [1.807, 2.05) is 18.2 Å². The maximum absolute atomic E-state index is 12.5. The van der Waals surface area contributed by atoms with Gasteiger partial charge in [0.05, 0.1) is 16.7 Å². The van der Waals surface area contributed by atoms with Crippen molar-refractivity contribution in [2.24, 2.45) is 0 Å². The first-order chi connectivity index (χ1) is 12.7. The van der Waals surface area contributed by atoms with Gasteiger partial charge in [-0.2, -0.15) is 0 Å². The molecule has 0 atom stereocenters. The Kier molecular flexibility index (Phi) is 3.99. The number of amides is 1. The molecule has 0 aliphatic heterocycles. The van der Waals surface area contributed by atoms with Crippen LogP contribution in [-0.4, -0.2) is 20.9 Å². The van der Waals surface area contributed by atoms with Crippen LogP contribution in [0.2, 0.25) is 0 Å². The number of aromatic nitrogens is 3. The van der Waals surface area contributed by atoms with E-state index in [0.717, 1.165) is 0 Å². The molecule has 0 unspecified atom stereocenters. The van der Waals surface area contributed by atoms with Crippen molar-refractivity contribution < 1.29 is 4.79 Å². The standard InChI is InChI=1S/C20H14N4O2/c25-19(13-9-11-21-12-10-13)23-15-6-2-1-5-14(15)18-20(26)24-17-8-4-3-7-16(17)22-18/h1-12H,(H,23,25)(H,24,26). The van der Waals surface area contributed by atoms with E-state index in [1.165, 1.54) is 0 Å². The van der Waals surface area contributed by atoms with Crippen LogP contribution in [0.15, 0.2) is 77.9 Å². The minimum atomic E-state index is -0.311. The summed E-state index contributed by atoms with van der Waals surface area (Å²) in [5.74, 6) is -0.280. The van der Waals surface area contributed by atoms with E-state index >= 15 is 0 Å². The van der Waals surface area contributed by atoms with Gasteiger partial charge in [-0.25, -0.2) is 4.98 Å². The van der Waals surface area contributed by atoms with Gasteiger partial charge in [-0.15, -0.1) is 0 Å². The summed E-state index contributed by atoms with van der Waals surface area (Å²) in [7, 11) is 0. The Balaban J connectivity index is 1.78. The second-order valence-corrected chi connectivity index (χ2v) is 5.67. The summed E-state index contributed by atoms with van der Waals surface area (Å²) in [6, 6.07) is 17.7. The lowest BCUT2D eigenvalue weighted by molar-refractivity contribution is 0.102. The summed E-state index contributed by atoms with van der Waals surface area (Å²) in [4.78, 5) is 36.2. The molecule has 2 heterocycles. The first-order valence-electron chi connectivity index (χ1n) is 8.02. The molecule has 4 aromatic rings. The summed E-state index contributed by atoms with van der Waals surface area (Å²) >= 11 is 0. The summed E-state index contributed by atoms with van der Waals surface area (Å²) in [5, 5.41) is 2.84.